The van der Waals surface area contributed by atoms with Gasteiger partial charge in [-0.1, -0.05) is 30.3 Å². The van der Waals surface area contributed by atoms with Crippen molar-refractivity contribution in [2.24, 2.45) is 0 Å². The number of rotatable bonds is 9. The van der Waals surface area contributed by atoms with E-state index in [2.05, 4.69) is 15.0 Å². The van der Waals surface area contributed by atoms with Gasteiger partial charge in [0.15, 0.2) is 5.82 Å². The van der Waals surface area contributed by atoms with E-state index in [0.717, 1.165) is 5.56 Å². The third kappa shape index (κ3) is 4.36. The number of aliphatic hydroxyl groups is 1. The van der Waals surface area contributed by atoms with Gasteiger partial charge in [0.05, 0.1) is 7.11 Å². The number of hydrogen-bond acceptors (Lipinski definition) is 9. The fourth-order valence-corrected chi connectivity index (χ4v) is 1.95. The van der Waals surface area contributed by atoms with Crippen molar-refractivity contribution in [2.45, 2.75) is 0 Å². The molecule has 2 aromatic rings. The maximum absolute atomic E-state index is 9.54. The predicted molar refractivity (Wildman–Crippen MR) is 88.1 cm³/mol. The van der Waals surface area contributed by atoms with Crippen LogP contribution in [0.2, 0.25) is 0 Å². The summed E-state index contributed by atoms with van der Waals surface area (Å²) in [7, 11) is 4.55. The molecule has 9 heteroatoms. The molecule has 130 valence electrons. The molecule has 1 aromatic carbocycles. The van der Waals surface area contributed by atoms with Crippen LogP contribution < -0.4 is 9.96 Å². The molecule has 2 rings (SSSR count). The summed E-state index contributed by atoms with van der Waals surface area (Å²) in [5.41, 5.74) is 0.811. The molecule has 1 aromatic heterocycles. The van der Waals surface area contributed by atoms with Gasteiger partial charge in [-0.15, -0.1) is 0 Å². The lowest BCUT2D eigenvalue weighted by Crippen LogP contribution is -2.31. The Morgan fingerprint density at radius 3 is 2.17 bits per heavy atom. The number of nitrogens with zero attached hydrogens (tertiary/aromatic N) is 5. The number of aromatic nitrogens is 3. The molecule has 0 aliphatic heterocycles. The topological polar surface area (TPSA) is 93.1 Å². The summed E-state index contributed by atoms with van der Waals surface area (Å²) in [6.07, 6.45) is 0. The summed E-state index contributed by atoms with van der Waals surface area (Å²) in [6.45, 7) is -0.0359. The highest BCUT2D eigenvalue weighted by molar-refractivity contribution is 5.58. The van der Waals surface area contributed by atoms with Gasteiger partial charge >= 0.3 is 0 Å². The average Bonchev–Trinajstić information content (AvgIpc) is 2.64. The number of hydrogen-bond donors (Lipinski definition) is 1. The summed E-state index contributed by atoms with van der Waals surface area (Å²) in [5.74, 6) is 0.974. The zero-order valence-electron chi connectivity index (χ0n) is 13.9. The average molecular weight is 335 g/mol. The lowest BCUT2D eigenvalue weighted by Gasteiger charge is -2.23. The Morgan fingerprint density at radius 1 is 0.917 bits per heavy atom. The molecule has 0 atom stereocenters. The van der Waals surface area contributed by atoms with Crippen LogP contribution in [0.1, 0.15) is 0 Å². The smallest absolute Gasteiger partial charge is 0.257 e. The number of benzene rings is 1. The molecule has 0 bridgehead atoms. The molecule has 0 saturated heterocycles. The normalized spacial score (nSPS) is 10.7. The Kier molecular flexibility index (Phi) is 6.82. The van der Waals surface area contributed by atoms with Crippen molar-refractivity contribution in [1.29, 1.82) is 0 Å². The molecule has 9 nitrogen and oxygen atoms in total. The maximum atomic E-state index is 9.54. The Labute approximate surface area is 140 Å². The molecular weight excluding hydrogens is 314 g/mol. The molecule has 0 unspecified atom stereocenters. The van der Waals surface area contributed by atoms with Gasteiger partial charge in [-0.3, -0.25) is 9.74 Å². The van der Waals surface area contributed by atoms with Gasteiger partial charge in [0.2, 0.25) is 5.95 Å². The highest BCUT2D eigenvalue weighted by atomic mass is 16.7. The first-order valence-corrected chi connectivity index (χ1v) is 7.20. The van der Waals surface area contributed by atoms with Crippen molar-refractivity contribution in [2.75, 3.05) is 51.5 Å². The summed E-state index contributed by atoms with van der Waals surface area (Å²) in [6, 6.07) is 9.46. The van der Waals surface area contributed by atoms with Gasteiger partial charge in [-0.2, -0.15) is 20.0 Å². The first-order chi connectivity index (χ1) is 11.7. The second-order valence-corrected chi connectivity index (χ2v) is 4.70. The lowest BCUT2D eigenvalue weighted by atomic mass is 10.2. The van der Waals surface area contributed by atoms with Crippen LogP contribution in [0.5, 0.6) is 0 Å². The largest absolute Gasteiger partial charge is 0.376 e. The monoisotopic (exact) mass is 335 g/mol. The minimum Gasteiger partial charge on any atom is -0.376 e. The fourth-order valence-electron chi connectivity index (χ4n) is 1.95. The van der Waals surface area contributed by atoms with Gasteiger partial charge in [0, 0.05) is 19.8 Å². The quantitative estimate of drug-likeness (QED) is 0.529. The van der Waals surface area contributed by atoms with Gasteiger partial charge in [-0.25, -0.2) is 0 Å². The first kappa shape index (κ1) is 18.0. The van der Waals surface area contributed by atoms with Gasteiger partial charge in [0.25, 0.3) is 5.95 Å². The summed E-state index contributed by atoms with van der Waals surface area (Å²) < 4.78 is 10.1. The van der Waals surface area contributed by atoms with E-state index in [9.17, 15) is 5.11 Å². The van der Waals surface area contributed by atoms with E-state index >= 15 is 0 Å². The molecule has 0 spiro atoms. The van der Waals surface area contributed by atoms with Crippen molar-refractivity contribution >= 4 is 11.9 Å². The van der Waals surface area contributed by atoms with Crippen LogP contribution in [0.15, 0.2) is 30.3 Å². The number of hydroxylamine groups is 1. The van der Waals surface area contributed by atoms with E-state index in [4.69, 9.17) is 14.3 Å². The van der Waals surface area contributed by atoms with Crippen LogP contribution in [0, 0.1) is 0 Å². The molecule has 0 aliphatic rings. The number of aliphatic hydroxyl groups excluding tert-OH is 1. The second-order valence-electron chi connectivity index (χ2n) is 4.70. The van der Waals surface area contributed by atoms with Crippen molar-refractivity contribution in [3.05, 3.63) is 30.3 Å². The molecular formula is C15H21N5O4. The lowest BCUT2D eigenvalue weighted by molar-refractivity contribution is 0.0707. The third-order valence-electron chi connectivity index (χ3n) is 3.07. The van der Waals surface area contributed by atoms with E-state index in [1.807, 2.05) is 30.3 Å². The van der Waals surface area contributed by atoms with Gasteiger partial charge < -0.3 is 14.6 Å². The molecule has 24 heavy (non-hydrogen) atoms. The van der Waals surface area contributed by atoms with E-state index in [1.54, 1.807) is 0 Å². The second kappa shape index (κ2) is 9.08. The van der Waals surface area contributed by atoms with Crippen molar-refractivity contribution in [3.63, 3.8) is 0 Å². The number of ether oxygens (including phenoxy) is 2. The van der Waals surface area contributed by atoms with E-state index < -0.39 is 0 Å². The van der Waals surface area contributed by atoms with Crippen molar-refractivity contribution in [3.8, 4) is 11.4 Å². The van der Waals surface area contributed by atoms with Gasteiger partial charge in [-0.05, 0) is 0 Å². The fraction of sp³-hybridized carbons (Fsp3) is 0.400. The van der Waals surface area contributed by atoms with Crippen LogP contribution in [-0.2, 0) is 14.3 Å². The number of methoxy groups -OCH3 is 2. The molecule has 1 N–H and O–H groups in total. The Balaban J connectivity index is 2.50. The van der Waals surface area contributed by atoms with Crippen LogP contribution in [0.4, 0.5) is 11.9 Å². The van der Waals surface area contributed by atoms with E-state index in [-0.39, 0.29) is 32.1 Å². The van der Waals surface area contributed by atoms with E-state index in [0.29, 0.717) is 5.82 Å². The Bertz CT molecular complexity index is 596. The van der Waals surface area contributed by atoms with Gasteiger partial charge in [0.1, 0.15) is 20.2 Å². The van der Waals surface area contributed by atoms with Crippen LogP contribution >= 0.6 is 0 Å². The molecule has 0 aliphatic carbocycles. The molecule has 1 heterocycles. The van der Waals surface area contributed by atoms with Crippen molar-refractivity contribution in [1.82, 2.24) is 15.0 Å². The Morgan fingerprint density at radius 2 is 1.58 bits per heavy atom. The first-order valence-electron chi connectivity index (χ1n) is 7.20. The van der Waals surface area contributed by atoms with E-state index in [1.165, 1.54) is 31.3 Å². The van der Waals surface area contributed by atoms with Crippen LogP contribution in [0.3, 0.4) is 0 Å². The standard InChI is InChI=1S/C15H21N5O4/c1-22-10-19(9-21)14-16-13(12-7-5-4-6-8-12)17-15(18-14)20(24-3)11-23-2/h4-8,21H,9-11H2,1-3H3. The van der Waals surface area contributed by atoms with Crippen LogP contribution in [0.25, 0.3) is 11.4 Å². The molecule has 0 fully saturated rings. The summed E-state index contributed by atoms with van der Waals surface area (Å²) in [4.78, 5) is 19.8. The minimum atomic E-state index is -0.303. The molecule has 0 radical (unpaired) electrons. The predicted octanol–water partition coefficient (Wildman–Crippen LogP) is 0.870. The number of anilines is 2. The SMILES string of the molecule is COCN(CO)c1nc(-c2ccccc2)nc(N(COC)OC)n1. The highest BCUT2D eigenvalue weighted by Crippen LogP contribution is 2.21. The van der Waals surface area contributed by atoms with Crippen molar-refractivity contribution < 1.29 is 19.4 Å². The summed E-state index contributed by atoms with van der Waals surface area (Å²) in [5, 5.41) is 10.9. The Hall–Kier alpha value is -2.33. The summed E-state index contributed by atoms with van der Waals surface area (Å²) >= 11 is 0. The minimum absolute atomic E-state index is 0.130. The zero-order chi connectivity index (χ0) is 17.4. The maximum Gasteiger partial charge on any atom is 0.257 e. The third-order valence-corrected chi connectivity index (χ3v) is 3.07. The zero-order valence-corrected chi connectivity index (χ0v) is 13.9. The molecule has 0 amide bonds. The molecule has 0 saturated carbocycles. The van der Waals surface area contributed by atoms with Crippen LogP contribution in [-0.4, -0.2) is 61.6 Å². The highest BCUT2D eigenvalue weighted by Gasteiger charge is 2.18.